The molecule has 0 spiro atoms. The van der Waals surface area contributed by atoms with Gasteiger partial charge >= 0.3 is 0 Å². The molecule has 0 aliphatic carbocycles. The molecule has 4 rings (SSSR count). The summed E-state index contributed by atoms with van der Waals surface area (Å²) in [6.45, 7) is 2.67. The number of carbonyl (C=O) groups excluding carboxylic acids is 2. The number of methoxy groups -OCH3 is 1. The molecule has 3 aromatic rings. The first-order chi connectivity index (χ1) is 16.4. The second-order valence-electron chi connectivity index (χ2n) is 8.29. The monoisotopic (exact) mass is 462 g/mol. The van der Waals surface area contributed by atoms with E-state index < -0.39 is 6.10 Å². The molecule has 176 valence electrons. The molecule has 0 radical (unpaired) electrons. The van der Waals surface area contributed by atoms with Crippen LogP contribution >= 0.6 is 0 Å². The number of fused-ring (bicyclic) bond motifs is 1. The van der Waals surface area contributed by atoms with E-state index in [1.807, 2.05) is 30.3 Å². The minimum atomic E-state index is -0.601. The van der Waals surface area contributed by atoms with Crippen molar-refractivity contribution in [3.63, 3.8) is 0 Å². The number of nitrogens with one attached hydrogen (secondary N) is 1. The number of hydrogen-bond acceptors (Lipinski definition) is 4. The average Bonchev–Trinajstić information content (AvgIpc) is 2.95. The number of carbonyl (C=O) groups is 2. The van der Waals surface area contributed by atoms with Gasteiger partial charge in [0.25, 0.3) is 5.91 Å². The minimum absolute atomic E-state index is 0.0772. The highest BCUT2D eigenvalue weighted by atomic mass is 19.1. The molecule has 7 heteroatoms. The van der Waals surface area contributed by atoms with Crippen LogP contribution in [-0.4, -0.2) is 36.5 Å². The van der Waals surface area contributed by atoms with Gasteiger partial charge in [-0.1, -0.05) is 24.3 Å². The summed E-state index contributed by atoms with van der Waals surface area (Å²) in [5, 5.41) is 2.88. The predicted molar refractivity (Wildman–Crippen MR) is 127 cm³/mol. The van der Waals surface area contributed by atoms with Crippen molar-refractivity contribution in [3.8, 4) is 11.5 Å². The third-order valence-corrected chi connectivity index (χ3v) is 5.78. The van der Waals surface area contributed by atoms with Crippen LogP contribution in [0, 0.1) is 5.82 Å². The highest BCUT2D eigenvalue weighted by molar-refractivity contribution is 5.92. The van der Waals surface area contributed by atoms with Crippen molar-refractivity contribution in [2.24, 2.45) is 0 Å². The van der Waals surface area contributed by atoms with Gasteiger partial charge in [-0.2, -0.15) is 0 Å². The molecule has 3 aromatic carbocycles. The Morgan fingerprint density at radius 2 is 1.79 bits per heavy atom. The fourth-order valence-corrected chi connectivity index (χ4v) is 3.92. The van der Waals surface area contributed by atoms with Crippen LogP contribution in [0.1, 0.15) is 23.6 Å². The molecule has 34 heavy (non-hydrogen) atoms. The average molecular weight is 463 g/mol. The lowest BCUT2D eigenvalue weighted by Gasteiger charge is -2.22. The topological polar surface area (TPSA) is 67.9 Å². The summed E-state index contributed by atoms with van der Waals surface area (Å²) < 4.78 is 24.2. The molecule has 2 amide bonds. The van der Waals surface area contributed by atoms with Gasteiger partial charge in [0.1, 0.15) is 17.3 Å². The van der Waals surface area contributed by atoms with Crippen LogP contribution in [0.5, 0.6) is 11.5 Å². The van der Waals surface area contributed by atoms with E-state index in [-0.39, 0.29) is 24.1 Å². The third kappa shape index (κ3) is 5.73. The van der Waals surface area contributed by atoms with Crippen LogP contribution in [-0.2, 0) is 29.0 Å². The van der Waals surface area contributed by atoms with Gasteiger partial charge in [-0.3, -0.25) is 9.59 Å². The molecule has 1 N–H and O–H groups in total. The van der Waals surface area contributed by atoms with Gasteiger partial charge in [-0.15, -0.1) is 0 Å². The lowest BCUT2D eigenvalue weighted by atomic mass is 10.1. The lowest BCUT2D eigenvalue weighted by Crippen LogP contribution is -2.39. The van der Waals surface area contributed by atoms with E-state index >= 15 is 0 Å². The van der Waals surface area contributed by atoms with Crippen LogP contribution in [0.2, 0.25) is 0 Å². The molecule has 1 aliphatic heterocycles. The molecule has 1 heterocycles. The van der Waals surface area contributed by atoms with E-state index in [1.54, 1.807) is 43.2 Å². The number of ether oxygens (including phenoxy) is 2. The third-order valence-electron chi connectivity index (χ3n) is 5.78. The van der Waals surface area contributed by atoms with E-state index in [0.29, 0.717) is 30.9 Å². The SMILES string of the molecule is COc1ccc(CCN2Cc3cc(NC(=O)Cc4ccc(F)cc4)ccc3OC(C)C2=O)cc1. The number of halogens is 1. The first kappa shape index (κ1) is 23.3. The maximum absolute atomic E-state index is 13.1. The molecule has 1 unspecified atom stereocenters. The molecular weight excluding hydrogens is 435 g/mol. The van der Waals surface area contributed by atoms with E-state index in [9.17, 15) is 14.0 Å². The number of benzene rings is 3. The van der Waals surface area contributed by atoms with E-state index in [0.717, 1.165) is 22.4 Å². The van der Waals surface area contributed by atoms with Gasteiger partial charge in [-0.05, 0) is 66.9 Å². The molecule has 1 atom stereocenters. The van der Waals surface area contributed by atoms with Gasteiger partial charge in [0.15, 0.2) is 6.10 Å². The Hall–Kier alpha value is -3.87. The van der Waals surface area contributed by atoms with Crippen LogP contribution in [0.3, 0.4) is 0 Å². The smallest absolute Gasteiger partial charge is 0.263 e. The summed E-state index contributed by atoms with van der Waals surface area (Å²) in [7, 11) is 1.63. The molecular formula is C27H27FN2O4. The Morgan fingerprint density at radius 1 is 1.09 bits per heavy atom. The van der Waals surface area contributed by atoms with Crippen molar-refractivity contribution in [3.05, 3.63) is 89.2 Å². The molecule has 0 bridgehead atoms. The van der Waals surface area contributed by atoms with E-state index in [1.165, 1.54) is 12.1 Å². The zero-order chi connectivity index (χ0) is 24.1. The molecule has 1 aliphatic rings. The summed E-state index contributed by atoms with van der Waals surface area (Å²) in [4.78, 5) is 27.2. The van der Waals surface area contributed by atoms with Crippen LogP contribution in [0.4, 0.5) is 10.1 Å². The van der Waals surface area contributed by atoms with Crippen molar-refractivity contribution in [2.75, 3.05) is 19.0 Å². The second-order valence-corrected chi connectivity index (χ2v) is 8.29. The number of amides is 2. The lowest BCUT2D eigenvalue weighted by molar-refractivity contribution is -0.137. The standard InChI is InChI=1S/C27H27FN2O4/c1-18-27(32)30(14-13-19-5-10-24(33-2)11-6-19)17-21-16-23(9-12-25(21)34-18)29-26(31)15-20-3-7-22(28)8-4-20/h3-12,16,18H,13-15,17H2,1-2H3,(H,29,31). The van der Waals surface area contributed by atoms with Crippen LogP contribution < -0.4 is 14.8 Å². The second kappa shape index (κ2) is 10.4. The van der Waals surface area contributed by atoms with Gasteiger partial charge in [0.05, 0.1) is 13.5 Å². The Bertz CT molecular complexity index is 1160. The summed E-state index contributed by atoms with van der Waals surface area (Å²) in [6, 6.07) is 19.0. The Labute approximate surface area is 198 Å². The van der Waals surface area contributed by atoms with Gasteiger partial charge in [0.2, 0.25) is 5.91 Å². The molecule has 0 saturated heterocycles. The van der Waals surface area contributed by atoms with Crippen molar-refractivity contribution >= 4 is 17.5 Å². The largest absolute Gasteiger partial charge is 0.497 e. The first-order valence-electron chi connectivity index (χ1n) is 11.2. The fraction of sp³-hybridized carbons (Fsp3) is 0.259. The zero-order valence-electron chi connectivity index (χ0n) is 19.2. The van der Waals surface area contributed by atoms with Gasteiger partial charge in [0, 0.05) is 24.3 Å². The number of rotatable bonds is 7. The highest BCUT2D eigenvalue weighted by Gasteiger charge is 2.27. The first-order valence-corrected chi connectivity index (χ1v) is 11.2. The normalized spacial score (nSPS) is 15.2. The molecule has 6 nitrogen and oxygen atoms in total. The van der Waals surface area contributed by atoms with Crippen LogP contribution in [0.25, 0.3) is 0 Å². The summed E-state index contributed by atoms with van der Waals surface area (Å²) in [5.74, 6) is 0.799. The van der Waals surface area contributed by atoms with Gasteiger partial charge < -0.3 is 19.7 Å². The van der Waals surface area contributed by atoms with Crippen molar-refractivity contribution in [1.29, 1.82) is 0 Å². The van der Waals surface area contributed by atoms with Crippen molar-refractivity contribution in [1.82, 2.24) is 4.90 Å². The maximum Gasteiger partial charge on any atom is 0.263 e. The highest BCUT2D eigenvalue weighted by Crippen LogP contribution is 2.29. The zero-order valence-corrected chi connectivity index (χ0v) is 19.2. The minimum Gasteiger partial charge on any atom is -0.497 e. The number of nitrogens with zero attached hydrogens (tertiary/aromatic N) is 1. The van der Waals surface area contributed by atoms with Crippen molar-refractivity contribution in [2.45, 2.75) is 32.4 Å². The Morgan fingerprint density at radius 3 is 2.50 bits per heavy atom. The van der Waals surface area contributed by atoms with Gasteiger partial charge in [-0.25, -0.2) is 4.39 Å². The Balaban J connectivity index is 1.44. The summed E-state index contributed by atoms with van der Waals surface area (Å²) in [5.41, 5.74) is 3.27. The van der Waals surface area contributed by atoms with Crippen LogP contribution in [0.15, 0.2) is 66.7 Å². The molecule has 0 aromatic heterocycles. The summed E-state index contributed by atoms with van der Waals surface area (Å²) in [6.07, 6.45) is 0.236. The fourth-order valence-electron chi connectivity index (χ4n) is 3.92. The Kier molecular flexibility index (Phi) is 7.11. The summed E-state index contributed by atoms with van der Waals surface area (Å²) >= 11 is 0. The van der Waals surface area contributed by atoms with Crippen molar-refractivity contribution < 1.29 is 23.5 Å². The molecule has 0 fully saturated rings. The number of anilines is 1. The number of hydrogen-bond donors (Lipinski definition) is 1. The van der Waals surface area contributed by atoms with E-state index in [4.69, 9.17) is 9.47 Å². The predicted octanol–water partition coefficient (Wildman–Crippen LogP) is 4.37. The maximum atomic E-state index is 13.1. The molecule has 0 saturated carbocycles. The quantitative estimate of drug-likeness (QED) is 0.566. The van der Waals surface area contributed by atoms with E-state index in [2.05, 4.69) is 5.32 Å².